The Balaban J connectivity index is 2.19. The lowest BCUT2D eigenvalue weighted by Crippen LogP contribution is -2.16. The molecule has 0 aliphatic rings. The van der Waals surface area contributed by atoms with Gasteiger partial charge in [-0.25, -0.2) is 10.8 Å². The number of amides is 1. The number of hydrazine groups is 1. The van der Waals surface area contributed by atoms with E-state index in [1.54, 1.807) is 24.3 Å². The van der Waals surface area contributed by atoms with Crippen molar-refractivity contribution in [1.82, 2.24) is 4.98 Å². The highest BCUT2D eigenvalue weighted by Crippen LogP contribution is 2.20. The molecule has 2 aromatic rings. The van der Waals surface area contributed by atoms with E-state index in [4.69, 9.17) is 22.7 Å². The number of nitrogens with zero attached hydrogens (tertiary/aromatic N) is 2. The summed E-state index contributed by atoms with van der Waals surface area (Å²) < 4.78 is 0. The lowest BCUT2D eigenvalue weighted by molar-refractivity contribution is 0.102. The monoisotopic (exact) mass is 287 g/mol. The number of pyridine rings is 1. The molecular weight excluding hydrogens is 278 g/mol. The second kappa shape index (κ2) is 6.02. The minimum atomic E-state index is -0.400. The number of carbonyl (C=O) groups excluding carboxylic acids is 1. The smallest absolute Gasteiger partial charge is 0.274 e. The summed E-state index contributed by atoms with van der Waals surface area (Å²) in [6, 6.07) is 11.4. The average Bonchev–Trinajstić information content (AvgIpc) is 2.47. The van der Waals surface area contributed by atoms with Crippen LogP contribution in [0.5, 0.6) is 0 Å². The number of carbonyl (C=O) groups is 1. The summed E-state index contributed by atoms with van der Waals surface area (Å²) in [6.07, 6.45) is 0. The maximum Gasteiger partial charge on any atom is 0.274 e. The molecule has 0 aliphatic heterocycles. The van der Waals surface area contributed by atoms with Crippen molar-refractivity contribution >= 4 is 29.0 Å². The topological polar surface area (TPSA) is 104 Å². The maximum absolute atomic E-state index is 12.0. The molecule has 1 aromatic heterocycles. The Morgan fingerprint density at radius 2 is 2.15 bits per heavy atom. The van der Waals surface area contributed by atoms with E-state index in [1.807, 2.05) is 6.07 Å². The highest BCUT2D eigenvalue weighted by atomic mass is 35.5. The number of hydrogen-bond acceptors (Lipinski definition) is 5. The van der Waals surface area contributed by atoms with Gasteiger partial charge < -0.3 is 10.7 Å². The van der Waals surface area contributed by atoms with E-state index in [0.717, 1.165) is 0 Å². The molecule has 1 heterocycles. The first-order valence-corrected chi connectivity index (χ1v) is 5.96. The number of halogens is 1. The molecule has 0 fully saturated rings. The van der Waals surface area contributed by atoms with Crippen LogP contribution in [-0.2, 0) is 0 Å². The summed E-state index contributed by atoms with van der Waals surface area (Å²) >= 11 is 5.89. The summed E-state index contributed by atoms with van der Waals surface area (Å²) in [5.74, 6) is 5.22. The summed E-state index contributed by atoms with van der Waals surface area (Å²) in [7, 11) is 0. The van der Waals surface area contributed by atoms with Crippen LogP contribution in [0.15, 0.2) is 36.4 Å². The summed E-state index contributed by atoms with van der Waals surface area (Å²) in [6.45, 7) is 0. The third kappa shape index (κ3) is 3.03. The molecule has 1 aromatic carbocycles. The van der Waals surface area contributed by atoms with E-state index in [0.29, 0.717) is 17.1 Å². The normalized spacial score (nSPS) is 9.65. The summed E-state index contributed by atoms with van der Waals surface area (Å²) in [5.41, 5.74) is 3.39. The van der Waals surface area contributed by atoms with Crippen molar-refractivity contribution in [2.45, 2.75) is 0 Å². The lowest BCUT2D eigenvalue weighted by atomic mass is 10.2. The van der Waals surface area contributed by atoms with Crippen molar-refractivity contribution in [3.05, 3.63) is 52.7 Å². The molecule has 6 nitrogen and oxygen atoms in total. The van der Waals surface area contributed by atoms with Gasteiger partial charge in [0.25, 0.3) is 5.91 Å². The average molecular weight is 288 g/mol. The molecule has 2 rings (SSSR count). The molecule has 0 unspecified atom stereocenters. The number of hydrogen-bond donors (Lipinski definition) is 3. The number of anilines is 2. The van der Waals surface area contributed by atoms with Crippen molar-refractivity contribution in [3.8, 4) is 6.07 Å². The van der Waals surface area contributed by atoms with E-state index in [1.165, 1.54) is 12.1 Å². The van der Waals surface area contributed by atoms with Crippen molar-refractivity contribution in [3.63, 3.8) is 0 Å². The van der Waals surface area contributed by atoms with Crippen molar-refractivity contribution in [1.29, 1.82) is 5.26 Å². The Hall–Kier alpha value is -2.62. The minimum Gasteiger partial charge on any atom is -0.321 e. The van der Waals surface area contributed by atoms with Gasteiger partial charge in [-0.2, -0.15) is 5.26 Å². The molecule has 0 bridgehead atoms. The number of nitrogen functional groups attached to an aromatic ring is 1. The molecule has 0 saturated heterocycles. The fourth-order valence-electron chi connectivity index (χ4n) is 1.52. The second-order valence-electron chi connectivity index (χ2n) is 3.81. The SMILES string of the molecule is N#Cc1ccc(NC(=O)c2cccc(NN)n2)cc1Cl. The largest absolute Gasteiger partial charge is 0.321 e. The minimum absolute atomic E-state index is 0.209. The van der Waals surface area contributed by atoms with Gasteiger partial charge in [0.1, 0.15) is 17.6 Å². The number of aromatic nitrogens is 1. The number of nitriles is 1. The van der Waals surface area contributed by atoms with Gasteiger partial charge in [-0.05, 0) is 30.3 Å². The van der Waals surface area contributed by atoms with Crippen LogP contribution in [0.1, 0.15) is 16.1 Å². The Bertz CT molecular complexity index is 695. The standard InChI is InChI=1S/C13H10ClN5O/c14-10-6-9(5-4-8(10)7-15)17-13(20)11-2-1-3-12(18-11)19-16/h1-6H,16H2,(H,17,20)(H,18,19). The van der Waals surface area contributed by atoms with E-state index < -0.39 is 5.91 Å². The van der Waals surface area contributed by atoms with Gasteiger partial charge >= 0.3 is 0 Å². The van der Waals surface area contributed by atoms with Crippen molar-refractivity contribution in [2.75, 3.05) is 10.7 Å². The summed E-state index contributed by atoms with van der Waals surface area (Å²) in [5, 5.41) is 11.7. The van der Waals surface area contributed by atoms with E-state index >= 15 is 0 Å². The van der Waals surface area contributed by atoms with Crippen LogP contribution in [0.25, 0.3) is 0 Å². The van der Waals surface area contributed by atoms with Crippen LogP contribution < -0.4 is 16.6 Å². The van der Waals surface area contributed by atoms with Crippen LogP contribution in [0.3, 0.4) is 0 Å². The van der Waals surface area contributed by atoms with Gasteiger partial charge in [0, 0.05) is 5.69 Å². The first-order valence-electron chi connectivity index (χ1n) is 5.58. The molecule has 100 valence electrons. The summed E-state index contributed by atoms with van der Waals surface area (Å²) in [4.78, 5) is 16.0. The second-order valence-corrected chi connectivity index (χ2v) is 4.22. The molecule has 0 spiro atoms. The third-order valence-electron chi connectivity index (χ3n) is 2.48. The highest BCUT2D eigenvalue weighted by molar-refractivity contribution is 6.32. The molecule has 1 amide bonds. The van der Waals surface area contributed by atoms with Crippen LogP contribution in [0, 0.1) is 11.3 Å². The number of benzene rings is 1. The van der Waals surface area contributed by atoms with Gasteiger partial charge in [0.2, 0.25) is 0 Å². The van der Waals surface area contributed by atoms with E-state index in [2.05, 4.69) is 15.7 Å². The molecular formula is C13H10ClN5O. The van der Waals surface area contributed by atoms with Crippen LogP contribution in [-0.4, -0.2) is 10.9 Å². The van der Waals surface area contributed by atoms with Gasteiger partial charge in [0.15, 0.2) is 0 Å². The van der Waals surface area contributed by atoms with Crippen LogP contribution >= 0.6 is 11.6 Å². The molecule has 0 saturated carbocycles. The molecule has 4 N–H and O–H groups in total. The maximum atomic E-state index is 12.0. The zero-order chi connectivity index (χ0) is 14.5. The Labute approximate surface area is 120 Å². The van der Waals surface area contributed by atoms with Crippen molar-refractivity contribution < 1.29 is 4.79 Å². The first kappa shape index (κ1) is 13.8. The number of nitrogens with one attached hydrogen (secondary N) is 2. The van der Waals surface area contributed by atoms with Crippen molar-refractivity contribution in [2.24, 2.45) is 5.84 Å². The Kier molecular flexibility index (Phi) is 4.15. The fourth-order valence-corrected chi connectivity index (χ4v) is 1.74. The molecule has 0 radical (unpaired) electrons. The van der Waals surface area contributed by atoms with E-state index in [-0.39, 0.29) is 10.7 Å². The Morgan fingerprint density at radius 1 is 1.35 bits per heavy atom. The predicted molar refractivity (Wildman–Crippen MR) is 76.2 cm³/mol. The number of rotatable bonds is 3. The predicted octanol–water partition coefficient (Wildman–Crippen LogP) is 2.14. The lowest BCUT2D eigenvalue weighted by Gasteiger charge is -2.07. The first-order chi connectivity index (χ1) is 9.63. The zero-order valence-corrected chi connectivity index (χ0v) is 11.0. The van der Waals surface area contributed by atoms with Gasteiger partial charge in [-0.15, -0.1) is 0 Å². The highest BCUT2D eigenvalue weighted by Gasteiger charge is 2.09. The van der Waals surface area contributed by atoms with Gasteiger partial charge in [-0.1, -0.05) is 17.7 Å². The molecule has 7 heteroatoms. The molecule has 0 aliphatic carbocycles. The van der Waals surface area contributed by atoms with Gasteiger partial charge in [-0.3, -0.25) is 4.79 Å². The number of nitrogens with two attached hydrogens (primary N) is 1. The zero-order valence-electron chi connectivity index (χ0n) is 10.2. The van der Waals surface area contributed by atoms with Crippen LogP contribution in [0.4, 0.5) is 11.5 Å². The third-order valence-corrected chi connectivity index (χ3v) is 2.79. The van der Waals surface area contributed by atoms with Gasteiger partial charge in [0.05, 0.1) is 10.6 Å². The molecule has 0 atom stereocenters. The Morgan fingerprint density at radius 3 is 2.80 bits per heavy atom. The molecule has 20 heavy (non-hydrogen) atoms. The fraction of sp³-hybridized carbons (Fsp3) is 0. The van der Waals surface area contributed by atoms with Crippen LogP contribution in [0.2, 0.25) is 5.02 Å². The quantitative estimate of drug-likeness (QED) is 0.593. The van der Waals surface area contributed by atoms with E-state index in [9.17, 15) is 4.79 Å².